The second-order valence-electron chi connectivity index (χ2n) is 1.95. The van der Waals surface area contributed by atoms with Crippen molar-refractivity contribution < 1.29 is 56.7 Å². The van der Waals surface area contributed by atoms with Crippen molar-refractivity contribution in [1.82, 2.24) is 0 Å². The van der Waals surface area contributed by atoms with E-state index in [0.717, 1.165) is 0 Å². The van der Waals surface area contributed by atoms with E-state index >= 15 is 0 Å². The molecule has 7 heteroatoms. The third-order valence-electron chi connectivity index (χ3n) is 1.02. The standard InChI is InChI=1S/C5H10N2O3.ClH.Na/c6-3(5(9)10)1-2-4(7)8;;/h3H,1-2,6H2,(H2,7,8)(H,9,10);1H;/q;;+1/p-1/t3-;;/m0../s1. The molecule has 0 aliphatic carbocycles. The van der Waals surface area contributed by atoms with Crippen LogP contribution in [0.4, 0.5) is 0 Å². The molecule has 0 aliphatic heterocycles. The first-order valence-corrected chi connectivity index (χ1v) is 2.80. The Kier molecular flexibility index (Phi) is 14.0. The van der Waals surface area contributed by atoms with E-state index in [2.05, 4.69) is 0 Å². The molecule has 0 radical (unpaired) electrons. The van der Waals surface area contributed by atoms with Gasteiger partial charge in [-0.05, 0) is 6.42 Å². The van der Waals surface area contributed by atoms with Crippen molar-refractivity contribution in [3.63, 3.8) is 0 Å². The van der Waals surface area contributed by atoms with E-state index in [0.29, 0.717) is 0 Å². The zero-order chi connectivity index (χ0) is 8.15. The second-order valence-corrected chi connectivity index (χ2v) is 1.95. The van der Waals surface area contributed by atoms with Crippen LogP contribution in [-0.4, -0.2) is 23.0 Å². The number of hydrogen-bond acceptors (Lipinski definition) is 3. The molecule has 66 valence electrons. The van der Waals surface area contributed by atoms with Crippen molar-refractivity contribution >= 4 is 11.9 Å². The molecular formula is C5H10ClN2NaO3. The number of hydrogen-bond donors (Lipinski definition) is 3. The largest absolute Gasteiger partial charge is 1.00 e. The molecule has 0 saturated carbocycles. The average Bonchev–Trinajstić information content (AvgIpc) is 1.82. The maximum atomic E-state index is 10.1. The molecule has 0 fully saturated rings. The quantitative estimate of drug-likeness (QED) is 0.396. The number of carbonyl (C=O) groups is 2. The minimum Gasteiger partial charge on any atom is -1.00 e. The number of halogens is 1. The van der Waals surface area contributed by atoms with Crippen LogP contribution in [0.1, 0.15) is 12.8 Å². The molecule has 0 unspecified atom stereocenters. The van der Waals surface area contributed by atoms with Crippen LogP contribution in [0.25, 0.3) is 0 Å². The fourth-order valence-electron chi connectivity index (χ4n) is 0.421. The summed E-state index contributed by atoms with van der Waals surface area (Å²) in [7, 11) is 0. The first-order valence-electron chi connectivity index (χ1n) is 2.80. The molecule has 0 aromatic heterocycles. The van der Waals surface area contributed by atoms with E-state index in [1.807, 2.05) is 0 Å². The summed E-state index contributed by atoms with van der Waals surface area (Å²) in [4.78, 5) is 20.1. The minimum absolute atomic E-state index is 0. The van der Waals surface area contributed by atoms with Crippen LogP contribution in [0.2, 0.25) is 0 Å². The number of amides is 1. The Hall–Kier alpha value is 0.190. The van der Waals surface area contributed by atoms with Crippen molar-refractivity contribution in [2.45, 2.75) is 18.9 Å². The number of rotatable bonds is 4. The van der Waals surface area contributed by atoms with Gasteiger partial charge >= 0.3 is 35.5 Å². The van der Waals surface area contributed by atoms with Gasteiger partial charge in [-0.3, -0.25) is 9.59 Å². The molecule has 0 rings (SSSR count). The van der Waals surface area contributed by atoms with E-state index in [9.17, 15) is 9.59 Å². The molecule has 1 amide bonds. The van der Waals surface area contributed by atoms with Gasteiger partial charge in [0.2, 0.25) is 5.91 Å². The normalized spacial score (nSPS) is 10.4. The van der Waals surface area contributed by atoms with E-state index < -0.39 is 17.9 Å². The van der Waals surface area contributed by atoms with Gasteiger partial charge in [0.25, 0.3) is 0 Å². The second kappa shape index (κ2) is 9.28. The Balaban J connectivity index is -0.000000405. The summed E-state index contributed by atoms with van der Waals surface area (Å²) in [6, 6.07) is -0.979. The number of nitrogens with two attached hydrogens (primary N) is 2. The van der Waals surface area contributed by atoms with E-state index in [4.69, 9.17) is 16.6 Å². The molecule has 0 saturated heterocycles. The Labute approximate surface area is 98.6 Å². The van der Waals surface area contributed by atoms with Gasteiger partial charge < -0.3 is 29.0 Å². The zero-order valence-electron chi connectivity index (χ0n) is 6.79. The number of carbonyl (C=O) groups excluding carboxylic acids is 1. The summed E-state index contributed by atoms with van der Waals surface area (Å²) in [6.07, 6.45) is 0.123. The molecule has 12 heavy (non-hydrogen) atoms. The van der Waals surface area contributed by atoms with E-state index in [-0.39, 0.29) is 54.8 Å². The molecular weight excluding hydrogens is 195 g/mol. The van der Waals surface area contributed by atoms with Crippen molar-refractivity contribution in [1.29, 1.82) is 0 Å². The van der Waals surface area contributed by atoms with Crippen molar-refractivity contribution in [2.24, 2.45) is 11.5 Å². The van der Waals surface area contributed by atoms with Gasteiger partial charge in [-0.15, -0.1) is 0 Å². The average molecular weight is 205 g/mol. The Morgan fingerprint density at radius 1 is 1.42 bits per heavy atom. The first-order chi connectivity index (χ1) is 4.54. The SMILES string of the molecule is NC(=O)CC[C@H](N)C(=O)O.[Cl-].[Na+]. The monoisotopic (exact) mass is 204 g/mol. The van der Waals surface area contributed by atoms with Crippen molar-refractivity contribution in [3.05, 3.63) is 0 Å². The van der Waals surface area contributed by atoms with Crippen LogP contribution in [0, 0.1) is 0 Å². The topological polar surface area (TPSA) is 106 Å². The zero-order valence-corrected chi connectivity index (χ0v) is 9.54. The summed E-state index contributed by atoms with van der Waals surface area (Å²) < 4.78 is 0. The third kappa shape index (κ3) is 10.2. The van der Waals surface area contributed by atoms with Gasteiger partial charge in [0.15, 0.2) is 0 Å². The van der Waals surface area contributed by atoms with Gasteiger partial charge in [0.05, 0.1) is 0 Å². The summed E-state index contributed by atoms with van der Waals surface area (Å²) in [5, 5.41) is 8.22. The fraction of sp³-hybridized carbons (Fsp3) is 0.600. The van der Waals surface area contributed by atoms with Gasteiger partial charge in [-0.2, -0.15) is 0 Å². The number of carboxylic acids is 1. The van der Waals surface area contributed by atoms with Crippen molar-refractivity contribution in [2.75, 3.05) is 0 Å². The smallest absolute Gasteiger partial charge is 1.00 e. The van der Waals surface area contributed by atoms with E-state index in [1.165, 1.54) is 0 Å². The maximum absolute atomic E-state index is 10.1. The van der Waals surface area contributed by atoms with Crippen molar-refractivity contribution in [3.8, 4) is 0 Å². The van der Waals surface area contributed by atoms with Crippen LogP contribution in [0.15, 0.2) is 0 Å². The van der Waals surface area contributed by atoms with Gasteiger partial charge in [-0.1, -0.05) is 0 Å². The van der Waals surface area contributed by atoms with Gasteiger partial charge in [0.1, 0.15) is 6.04 Å². The summed E-state index contributed by atoms with van der Waals surface area (Å²) in [5.74, 6) is -1.64. The first kappa shape index (κ1) is 18.1. The molecule has 0 aromatic rings. The van der Waals surface area contributed by atoms with Crippen LogP contribution < -0.4 is 53.4 Å². The van der Waals surface area contributed by atoms with Crippen LogP contribution in [-0.2, 0) is 9.59 Å². The predicted molar refractivity (Wildman–Crippen MR) is 34.0 cm³/mol. The summed E-state index contributed by atoms with van der Waals surface area (Å²) in [6.45, 7) is 0. The third-order valence-corrected chi connectivity index (χ3v) is 1.02. The Bertz CT molecular complexity index is 156. The van der Waals surface area contributed by atoms with Crippen LogP contribution >= 0.6 is 0 Å². The molecule has 1 atom stereocenters. The van der Waals surface area contributed by atoms with Gasteiger partial charge in [-0.25, -0.2) is 0 Å². The maximum Gasteiger partial charge on any atom is 1.00 e. The van der Waals surface area contributed by atoms with Crippen LogP contribution in [0.3, 0.4) is 0 Å². The molecule has 0 aromatic carbocycles. The fourth-order valence-corrected chi connectivity index (χ4v) is 0.421. The molecule has 0 spiro atoms. The Morgan fingerprint density at radius 3 is 2.08 bits per heavy atom. The number of carboxylic acid groups (broad SMARTS) is 1. The molecule has 5 N–H and O–H groups in total. The van der Waals surface area contributed by atoms with Crippen LogP contribution in [0.5, 0.6) is 0 Å². The predicted octanol–water partition coefficient (Wildman–Crippen LogP) is -7.33. The summed E-state index contributed by atoms with van der Waals surface area (Å²) in [5.41, 5.74) is 9.81. The summed E-state index contributed by atoms with van der Waals surface area (Å²) >= 11 is 0. The van der Waals surface area contributed by atoms with E-state index in [1.54, 1.807) is 0 Å². The van der Waals surface area contributed by atoms with Gasteiger partial charge in [0, 0.05) is 6.42 Å². The molecule has 0 heterocycles. The number of aliphatic carboxylic acids is 1. The minimum atomic E-state index is -1.11. The molecule has 0 aliphatic rings. The number of primary amides is 1. The Morgan fingerprint density at radius 2 is 1.83 bits per heavy atom. The molecule has 0 bridgehead atoms. The molecule has 5 nitrogen and oxygen atoms in total.